The number of hydrogen-bond acceptors (Lipinski definition) is 6. The lowest BCUT2D eigenvalue weighted by molar-refractivity contribution is -0.386. The topological polar surface area (TPSA) is 74.2 Å². The van der Waals surface area contributed by atoms with Gasteiger partial charge in [0, 0.05) is 11.8 Å². The molecule has 6 heteroatoms. The van der Waals surface area contributed by atoms with Gasteiger partial charge in [-0.05, 0) is 6.92 Å². The zero-order valence-electron chi connectivity index (χ0n) is 10.0. The van der Waals surface area contributed by atoms with Crippen LogP contribution in [-0.2, 0) is 24.0 Å². The van der Waals surface area contributed by atoms with E-state index in [0.29, 0.717) is 0 Å². The molecule has 3 aliphatic heterocycles. The minimum atomic E-state index is -1.40. The van der Waals surface area contributed by atoms with Gasteiger partial charge in [0.15, 0.2) is 0 Å². The van der Waals surface area contributed by atoms with E-state index >= 15 is 0 Å². The van der Waals surface area contributed by atoms with Crippen molar-refractivity contribution in [3.8, 4) is 0 Å². The number of Topliss-reactive ketones (excluding diaryl/α,β-unsaturated/α-hetero) is 1. The Morgan fingerprint density at radius 3 is 2.71 bits per heavy atom. The molecule has 0 aliphatic carbocycles. The van der Waals surface area contributed by atoms with Crippen LogP contribution in [0.5, 0.6) is 0 Å². The Balaban J connectivity index is 2.09. The lowest BCUT2D eigenvalue weighted by atomic mass is 9.71. The molecule has 0 aromatic rings. The van der Waals surface area contributed by atoms with Crippen LogP contribution in [0.1, 0.15) is 20.8 Å². The van der Waals surface area contributed by atoms with Gasteiger partial charge in [-0.2, -0.15) is 9.78 Å². The first-order valence-electron chi connectivity index (χ1n) is 5.80. The highest BCUT2D eigenvalue weighted by atomic mass is 17.3. The van der Waals surface area contributed by atoms with E-state index in [1.165, 1.54) is 0 Å². The molecule has 96 valence electrons. The highest BCUT2D eigenvalue weighted by Crippen LogP contribution is 2.53. The normalized spacial score (nSPS) is 57.3. The number of aliphatic hydroxyl groups is 1. The molecule has 0 unspecified atom stereocenters. The molecule has 6 nitrogen and oxygen atoms in total. The maximum Gasteiger partial charge on any atom is 0.257 e. The highest BCUT2D eigenvalue weighted by molar-refractivity contribution is 5.85. The summed E-state index contributed by atoms with van der Waals surface area (Å²) in [6.45, 7) is 4.85. The molecule has 3 heterocycles. The third-order valence-corrected chi connectivity index (χ3v) is 4.39. The van der Waals surface area contributed by atoms with Gasteiger partial charge in [-0.25, -0.2) is 0 Å². The van der Waals surface area contributed by atoms with Gasteiger partial charge >= 0.3 is 0 Å². The van der Waals surface area contributed by atoms with Gasteiger partial charge in [0.1, 0.15) is 24.1 Å². The van der Waals surface area contributed by atoms with E-state index < -0.39 is 36.3 Å². The standard InChI is InChI=1S/C11H16O6/c1-5-7(13)6(2)10(3)11(4-12)15-9(16-17-11)8(5)14-10/h5-6,8-9,12H,4H2,1-3H3/t5-,6+,8+,9-,10-,11+/m0/s1. The van der Waals surface area contributed by atoms with Crippen LogP contribution in [0.2, 0.25) is 0 Å². The molecule has 3 rings (SSSR count). The van der Waals surface area contributed by atoms with E-state index in [9.17, 15) is 9.90 Å². The Morgan fingerprint density at radius 2 is 2.06 bits per heavy atom. The summed E-state index contributed by atoms with van der Waals surface area (Å²) in [6.07, 6.45) is -1.23. The van der Waals surface area contributed by atoms with Gasteiger partial charge in [-0.3, -0.25) is 4.79 Å². The predicted octanol–water partition coefficient (Wildman–Crippen LogP) is -0.00810. The number of aliphatic hydroxyl groups excluding tert-OH is 1. The Kier molecular flexibility index (Phi) is 2.22. The molecule has 3 aliphatic rings. The largest absolute Gasteiger partial charge is 0.391 e. The second-order valence-corrected chi connectivity index (χ2v) is 5.18. The number of hydrogen-bond donors (Lipinski definition) is 1. The lowest BCUT2D eigenvalue weighted by Gasteiger charge is -2.53. The minimum absolute atomic E-state index is 0.0870. The monoisotopic (exact) mass is 244 g/mol. The number of ketones is 1. The van der Waals surface area contributed by atoms with Crippen LogP contribution in [0.25, 0.3) is 0 Å². The van der Waals surface area contributed by atoms with Crippen LogP contribution in [-0.4, -0.2) is 41.3 Å². The van der Waals surface area contributed by atoms with Gasteiger partial charge in [-0.15, -0.1) is 0 Å². The molecule has 0 aromatic carbocycles. The zero-order chi connectivity index (χ0) is 12.4. The number of rotatable bonds is 1. The summed E-state index contributed by atoms with van der Waals surface area (Å²) in [5.74, 6) is -2.04. The fourth-order valence-electron chi connectivity index (χ4n) is 2.92. The fraction of sp³-hybridized carbons (Fsp3) is 0.909. The Hall–Kier alpha value is -0.530. The predicted molar refractivity (Wildman–Crippen MR) is 53.5 cm³/mol. The summed E-state index contributed by atoms with van der Waals surface area (Å²) >= 11 is 0. The molecular weight excluding hydrogens is 228 g/mol. The van der Waals surface area contributed by atoms with Gasteiger partial charge in [-0.1, -0.05) is 13.8 Å². The van der Waals surface area contributed by atoms with Gasteiger partial charge in [0.25, 0.3) is 5.79 Å². The fourth-order valence-corrected chi connectivity index (χ4v) is 2.92. The van der Waals surface area contributed by atoms with E-state index in [4.69, 9.17) is 19.2 Å². The summed E-state index contributed by atoms with van der Waals surface area (Å²) in [6, 6.07) is 0. The molecule has 0 saturated carbocycles. The molecule has 3 saturated heterocycles. The lowest BCUT2D eigenvalue weighted by Crippen LogP contribution is -2.71. The van der Waals surface area contributed by atoms with Crippen molar-refractivity contribution >= 4 is 5.78 Å². The first kappa shape index (κ1) is 11.6. The van der Waals surface area contributed by atoms with Crippen molar-refractivity contribution in [2.75, 3.05) is 6.61 Å². The Morgan fingerprint density at radius 1 is 1.35 bits per heavy atom. The van der Waals surface area contributed by atoms with E-state index in [1.807, 2.05) is 0 Å². The van der Waals surface area contributed by atoms with Crippen molar-refractivity contribution in [1.29, 1.82) is 0 Å². The number of carbonyl (C=O) groups excluding carboxylic acids is 1. The van der Waals surface area contributed by atoms with Crippen molar-refractivity contribution in [2.45, 2.75) is 44.6 Å². The summed E-state index contributed by atoms with van der Waals surface area (Å²) in [7, 11) is 0. The van der Waals surface area contributed by atoms with Gasteiger partial charge in [0.05, 0.1) is 0 Å². The first-order chi connectivity index (χ1) is 7.95. The Bertz CT molecular complexity index is 371. The van der Waals surface area contributed by atoms with E-state index in [2.05, 4.69) is 0 Å². The summed E-state index contributed by atoms with van der Waals surface area (Å²) in [5, 5.41) is 9.49. The highest BCUT2D eigenvalue weighted by Gasteiger charge is 2.71. The van der Waals surface area contributed by atoms with Crippen LogP contribution in [0.4, 0.5) is 0 Å². The third-order valence-electron chi connectivity index (χ3n) is 4.39. The second-order valence-electron chi connectivity index (χ2n) is 5.18. The summed E-state index contributed by atoms with van der Waals surface area (Å²) in [4.78, 5) is 22.4. The number of ether oxygens (including phenoxy) is 2. The van der Waals surface area contributed by atoms with Crippen LogP contribution in [0.15, 0.2) is 0 Å². The molecule has 17 heavy (non-hydrogen) atoms. The summed E-state index contributed by atoms with van der Waals surface area (Å²) < 4.78 is 11.6. The quantitative estimate of drug-likeness (QED) is 0.654. The van der Waals surface area contributed by atoms with Crippen LogP contribution < -0.4 is 0 Å². The average Bonchev–Trinajstić information content (AvgIpc) is 2.73. The molecule has 1 N–H and O–H groups in total. The molecular formula is C11H16O6. The summed E-state index contributed by atoms with van der Waals surface area (Å²) in [5.41, 5.74) is -1.02. The molecule has 3 fully saturated rings. The van der Waals surface area contributed by atoms with Crippen molar-refractivity contribution in [3.05, 3.63) is 0 Å². The van der Waals surface area contributed by atoms with Gasteiger partial charge in [0.2, 0.25) is 6.29 Å². The van der Waals surface area contributed by atoms with Crippen molar-refractivity contribution < 1.29 is 29.1 Å². The van der Waals surface area contributed by atoms with E-state index in [1.54, 1.807) is 20.8 Å². The SMILES string of the molecule is C[C@@H]1C(=O)[C@H](C)[C@H]2O[C@]1(C)[C@@]1(CO)OO[C@@H]2O1. The first-order valence-corrected chi connectivity index (χ1v) is 5.80. The number of fused-ring (bicyclic) bond motifs is 6. The molecule has 0 radical (unpaired) electrons. The third kappa shape index (κ3) is 1.15. The molecule has 0 spiro atoms. The second kappa shape index (κ2) is 3.27. The van der Waals surface area contributed by atoms with Crippen LogP contribution in [0.3, 0.4) is 0 Å². The number of carbonyl (C=O) groups is 1. The van der Waals surface area contributed by atoms with E-state index in [0.717, 1.165) is 0 Å². The smallest absolute Gasteiger partial charge is 0.257 e. The molecule has 4 bridgehead atoms. The van der Waals surface area contributed by atoms with Crippen molar-refractivity contribution in [2.24, 2.45) is 11.8 Å². The molecule has 0 amide bonds. The van der Waals surface area contributed by atoms with Crippen molar-refractivity contribution in [1.82, 2.24) is 0 Å². The maximum atomic E-state index is 12.2. The van der Waals surface area contributed by atoms with Crippen LogP contribution in [0, 0.1) is 11.8 Å². The van der Waals surface area contributed by atoms with Gasteiger partial charge < -0.3 is 14.6 Å². The van der Waals surface area contributed by atoms with E-state index in [-0.39, 0.29) is 11.7 Å². The van der Waals surface area contributed by atoms with Crippen LogP contribution >= 0.6 is 0 Å². The Labute approximate surface area is 98.7 Å². The van der Waals surface area contributed by atoms with Crippen molar-refractivity contribution in [3.63, 3.8) is 0 Å². The molecule has 6 atom stereocenters. The minimum Gasteiger partial charge on any atom is -0.391 e. The maximum absolute atomic E-state index is 12.2. The zero-order valence-corrected chi connectivity index (χ0v) is 10.0. The molecule has 0 aromatic heterocycles. The average molecular weight is 244 g/mol.